The SMILES string of the molecule is Cc1csc(COCCC2CCCNC2)n1. The Morgan fingerprint density at radius 3 is 3.25 bits per heavy atom. The Labute approximate surface area is 101 Å². The van der Waals surface area contributed by atoms with Gasteiger partial charge in [0.1, 0.15) is 5.01 Å². The van der Waals surface area contributed by atoms with Gasteiger partial charge in [-0.05, 0) is 45.2 Å². The molecule has 90 valence electrons. The highest BCUT2D eigenvalue weighted by Gasteiger charge is 2.12. The van der Waals surface area contributed by atoms with Crippen LogP contribution >= 0.6 is 11.3 Å². The largest absolute Gasteiger partial charge is 0.374 e. The van der Waals surface area contributed by atoms with E-state index in [1.54, 1.807) is 11.3 Å². The van der Waals surface area contributed by atoms with Crippen LogP contribution in [0.2, 0.25) is 0 Å². The Morgan fingerprint density at radius 2 is 2.56 bits per heavy atom. The van der Waals surface area contributed by atoms with E-state index in [1.165, 1.54) is 32.4 Å². The summed E-state index contributed by atoms with van der Waals surface area (Å²) in [6.45, 7) is 5.92. The molecule has 16 heavy (non-hydrogen) atoms. The zero-order chi connectivity index (χ0) is 11.2. The van der Waals surface area contributed by atoms with Gasteiger partial charge in [0, 0.05) is 17.7 Å². The van der Waals surface area contributed by atoms with E-state index in [-0.39, 0.29) is 0 Å². The van der Waals surface area contributed by atoms with Crippen molar-refractivity contribution in [3.8, 4) is 0 Å². The Balaban J connectivity index is 1.57. The molecule has 0 amide bonds. The Kier molecular flexibility index (Phi) is 4.75. The average molecular weight is 240 g/mol. The number of nitrogens with one attached hydrogen (secondary N) is 1. The predicted octanol–water partition coefficient (Wildman–Crippen LogP) is 2.36. The van der Waals surface area contributed by atoms with Crippen molar-refractivity contribution in [3.63, 3.8) is 0 Å². The van der Waals surface area contributed by atoms with E-state index in [0.29, 0.717) is 6.61 Å². The first-order chi connectivity index (χ1) is 7.84. The number of piperidine rings is 1. The predicted molar refractivity (Wildman–Crippen MR) is 66.7 cm³/mol. The van der Waals surface area contributed by atoms with Crippen LogP contribution in [0.1, 0.15) is 30.0 Å². The van der Waals surface area contributed by atoms with Gasteiger partial charge >= 0.3 is 0 Å². The maximum atomic E-state index is 5.66. The molecule has 0 radical (unpaired) electrons. The Bertz CT molecular complexity index is 308. The smallest absolute Gasteiger partial charge is 0.119 e. The van der Waals surface area contributed by atoms with Gasteiger partial charge in [-0.2, -0.15) is 0 Å². The van der Waals surface area contributed by atoms with Crippen molar-refractivity contribution < 1.29 is 4.74 Å². The van der Waals surface area contributed by atoms with Gasteiger partial charge in [0.15, 0.2) is 0 Å². The Hall–Kier alpha value is -0.450. The van der Waals surface area contributed by atoms with Gasteiger partial charge in [-0.3, -0.25) is 0 Å². The third kappa shape index (κ3) is 3.85. The van der Waals surface area contributed by atoms with Crippen LogP contribution in [0.5, 0.6) is 0 Å². The normalized spacial score (nSPS) is 21.2. The molecule has 1 aromatic heterocycles. The minimum atomic E-state index is 0.679. The fourth-order valence-electron chi connectivity index (χ4n) is 2.05. The molecule has 4 heteroatoms. The lowest BCUT2D eigenvalue weighted by Crippen LogP contribution is -2.30. The molecule has 0 bridgehead atoms. The summed E-state index contributed by atoms with van der Waals surface area (Å²) in [4.78, 5) is 4.38. The highest BCUT2D eigenvalue weighted by molar-refractivity contribution is 7.09. The van der Waals surface area contributed by atoms with Crippen molar-refractivity contribution in [2.24, 2.45) is 5.92 Å². The summed E-state index contributed by atoms with van der Waals surface area (Å²) in [5.74, 6) is 0.812. The molecule has 0 saturated carbocycles. The molecule has 1 aliphatic rings. The number of aromatic nitrogens is 1. The summed E-state index contributed by atoms with van der Waals surface area (Å²) < 4.78 is 5.66. The maximum Gasteiger partial charge on any atom is 0.119 e. The molecule has 2 rings (SSSR count). The zero-order valence-electron chi connectivity index (χ0n) is 9.87. The second-order valence-corrected chi connectivity index (χ2v) is 5.38. The van der Waals surface area contributed by atoms with Crippen LogP contribution in [0.4, 0.5) is 0 Å². The van der Waals surface area contributed by atoms with Crippen molar-refractivity contribution in [2.75, 3.05) is 19.7 Å². The first-order valence-corrected chi connectivity index (χ1v) is 6.92. The standard InChI is InChI=1S/C12H20N2OS/c1-10-9-16-12(14-10)8-15-6-4-11-3-2-5-13-7-11/h9,11,13H,2-8H2,1H3. The third-order valence-corrected chi connectivity index (χ3v) is 3.90. The number of rotatable bonds is 5. The molecule has 0 aromatic carbocycles. The fourth-order valence-corrected chi connectivity index (χ4v) is 2.76. The quantitative estimate of drug-likeness (QED) is 0.802. The number of hydrogen-bond donors (Lipinski definition) is 1. The van der Waals surface area contributed by atoms with Crippen LogP contribution < -0.4 is 5.32 Å². The number of hydrogen-bond acceptors (Lipinski definition) is 4. The molecule has 3 nitrogen and oxygen atoms in total. The lowest BCUT2D eigenvalue weighted by molar-refractivity contribution is 0.103. The van der Waals surface area contributed by atoms with Crippen LogP contribution in [-0.2, 0) is 11.3 Å². The van der Waals surface area contributed by atoms with E-state index in [4.69, 9.17) is 4.74 Å². The number of aryl methyl sites for hydroxylation is 1. The first kappa shape index (κ1) is 12.0. The van der Waals surface area contributed by atoms with Gasteiger partial charge in [0.2, 0.25) is 0 Å². The van der Waals surface area contributed by atoms with E-state index in [9.17, 15) is 0 Å². The van der Waals surface area contributed by atoms with E-state index >= 15 is 0 Å². The number of thiazole rings is 1. The fraction of sp³-hybridized carbons (Fsp3) is 0.750. The van der Waals surface area contributed by atoms with Gasteiger partial charge in [-0.15, -0.1) is 11.3 Å². The first-order valence-electron chi connectivity index (χ1n) is 6.04. The monoisotopic (exact) mass is 240 g/mol. The molecular formula is C12H20N2OS. The second-order valence-electron chi connectivity index (χ2n) is 4.44. The van der Waals surface area contributed by atoms with Gasteiger partial charge < -0.3 is 10.1 Å². The summed E-state index contributed by atoms with van der Waals surface area (Å²) >= 11 is 1.69. The van der Waals surface area contributed by atoms with E-state index < -0.39 is 0 Å². The Morgan fingerprint density at radius 1 is 1.62 bits per heavy atom. The lowest BCUT2D eigenvalue weighted by Gasteiger charge is -2.22. The van der Waals surface area contributed by atoms with Crippen molar-refractivity contribution in [3.05, 3.63) is 16.1 Å². The van der Waals surface area contributed by atoms with E-state index in [0.717, 1.165) is 23.2 Å². The van der Waals surface area contributed by atoms with Gasteiger partial charge in [0.25, 0.3) is 0 Å². The van der Waals surface area contributed by atoms with Gasteiger partial charge in [0.05, 0.1) is 6.61 Å². The molecule has 1 aliphatic heterocycles. The molecule has 1 N–H and O–H groups in total. The molecule has 1 saturated heterocycles. The van der Waals surface area contributed by atoms with E-state index in [2.05, 4.69) is 15.7 Å². The van der Waals surface area contributed by atoms with Crippen LogP contribution in [0, 0.1) is 12.8 Å². The van der Waals surface area contributed by atoms with Gasteiger partial charge in [-0.25, -0.2) is 4.98 Å². The molecule has 2 heterocycles. The summed E-state index contributed by atoms with van der Waals surface area (Å²) in [6, 6.07) is 0. The summed E-state index contributed by atoms with van der Waals surface area (Å²) in [5, 5.41) is 6.60. The van der Waals surface area contributed by atoms with Crippen LogP contribution in [0.25, 0.3) is 0 Å². The second kappa shape index (κ2) is 6.33. The highest BCUT2D eigenvalue weighted by atomic mass is 32.1. The van der Waals surface area contributed by atoms with E-state index in [1.807, 2.05) is 6.92 Å². The molecule has 0 aliphatic carbocycles. The summed E-state index contributed by atoms with van der Waals surface area (Å²) in [6.07, 6.45) is 3.85. The minimum absolute atomic E-state index is 0.679. The van der Waals surface area contributed by atoms with Crippen LogP contribution in [0.3, 0.4) is 0 Å². The molecule has 0 spiro atoms. The molecule has 1 unspecified atom stereocenters. The zero-order valence-corrected chi connectivity index (χ0v) is 10.7. The molecular weight excluding hydrogens is 220 g/mol. The van der Waals surface area contributed by atoms with Crippen molar-refractivity contribution in [1.29, 1.82) is 0 Å². The summed E-state index contributed by atoms with van der Waals surface area (Å²) in [7, 11) is 0. The number of ether oxygens (including phenoxy) is 1. The molecule has 1 atom stereocenters. The topological polar surface area (TPSA) is 34.1 Å². The van der Waals surface area contributed by atoms with Gasteiger partial charge in [-0.1, -0.05) is 0 Å². The average Bonchev–Trinajstić information content (AvgIpc) is 2.72. The van der Waals surface area contributed by atoms with Crippen molar-refractivity contribution in [1.82, 2.24) is 10.3 Å². The van der Waals surface area contributed by atoms with Crippen molar-refractivity contribution >= 4 is 11.3 Å². The number of nitrogens with zero attached hydrogens (tertiary/aromatic N) is 1. The summed E-state index contributed by atoms with van der Waals surface area (Å²) in [5.41, 5.74) is 1.10. The van der Waals surface area contributed by atoms with Crippen molar-refractivity contribution in [2.45, 2.75) is 32.8 Å². The molecule has 1 fully saturated rings. The van der Waals surface area contributed by atoms with Crippen LogP contribution in [-0.4, -0.2) is 24.7 Å². The third-order valence-electron chi connectivity index (χ3n) is 2.96. The maximum absolute atomic E-state index is 5.66. The molecule has 1 aromatic rings. The highest BCUT2D eigenvalue weighted by Crippen LogP contribution is 2.15. The minimum Gasteiger partial charge on any atom is -0.374 e. The van der Waals surface area contributed by atoms with Crippen LogP contribution in [0.15, 0.2) is 5.38 Å². The lowest BCUT2D eigenvalue weighted by atomic mass is 9.97.